The summed E-state index contributed by atoms with van der Waals surface area (Å²) in [5.41, 5.74) is 4.12. The van der Waals surface area contributed by atoms with Crippen LogP contribution in [-0.2, 0) is 4.79 Å². The molecule has 0 fully saturated rings. The number of hydrogen-bond acceptors (Lipinski definition) is 1. The van der Waals surface area contributed by atoms with Gasteiger partial charge >= 0.3 is 0 Å². The number of ketones is 1. The first kappa shape index (κ1) is 9.60. The van der Waals surface area contributed by atoms with Crippen molar-refractivity contribution in [1.82, 2.24) is 0 Å². The van der Waals surface area contributed by atoms with E-state index in [1.807, 2.05) is 30.3 Å². The van der Waals surface area contributed by atoms with Gasteiger partial charge in [0.15, 0.2) is 5.78 Å². The number of Topliss-reactive ketones (excluding diaryl/α,β-unsaturated/α-hetero) is 1. The summed E-state index contributed by atoms with van der Waals surface area (Å²) in [4.78, 5) is 12.2. The van der Waals surface area contributed by atoms with Crippen LogP contribution in [0.25, 0.3) is 23.8 Å². The molecule has 2 aliphatic rings. The number of carbonyl (C=O) groups excluding carboxylic acids is 1. The van der Waals surface area contributed by atoms with Crippen molar-refractivity contribution in [2.45, 2.75) is 0 Å². The summed E-state index contributed by atoms with van der Waals surface area (Å²) < 4.78 is 0. The third-order valence-corrected chi connectivity index (χ3v) is 3.58. The highest BCUT2D eigenvalue weighted by molar-refractivity contribution is 6.37. The Kier molecular flexibility index (Phi) is 1.76. The Balaban J connectivity index is 2.29. The largest absolute Gasteiger partial charge is 0.289 e. The summed E-state index contributed by atoms with van der Waals surface area (Å²) in [5, 5.41) is 2.12. The van der Waals surface area contributed by atoms with Gasteiger partial charge in [-0.15, -0.1) is 0 Å². The molecule has 0 atom stereocenters. The predicted molar refractivity (Wildman–Crippen MR) is 73.0 cm³/mol. The van der Waals surface area contributed by atoms with Gasteiger partial charge in [0, 0.05) is 10.8 Å². The first-order chi connectivity index (χ1) is 8.84. The SMILES string of the molecule is O=C1C=c2cccc3c2=C1c1ccccc1C=C3. The normalized spacial score (nSPS) is 14.9. The number of benzene rings is 2. The fourth-order valence-corrected chi connectivity index (χ4v) is 2.79. The predicted octanol–water partition coefficient (Wildman–Crippen LogP) is 1.73. The van der Waals surface area contributed by atoms with Gasteiger partial charge < -0.3 is 0 Å². The second kappa shape index (κ2) is 3.30. The molecule has 18 heavy (non-hydrogen) atoms. The zero-order chi connectivity index (χ0) is 12.1. The molecule has 0 amide bonds. The summed E-state index contributed by atoms with van der Waals surface area (Å²) in [6, 6.07) is 14.1. The molecule has 1 heteroatoms. The standard InChI is InChI=1S/C17H10O/c18-15-10-13-6-3-5-12-9-8-11-4-1-2-7-14(11)17(15)16(12)13/h1-10H. The van der Waals surface area contributed by atoms with E-state index in [0.29, 0.717) is 0 Å². The summed E-state index contributed by atoms with van der Waals surface area (Å²) in [5.74, 6) is 0.119. The smallest absolute Gasteiger partial charge is 0.187 e. The van der Waals surface area contributed by atoms with E-state index in [0.717, 1.165) is 32.7 Å². The molecular weight excluding hydrogens is 220 g/mol. The molecule has 0 radical (unpaired) electrons. The highest BCUT2D eigenvalue weighted by Crippen LogP contribution is 2.24. The molecule has 0 N–H and O–H groups in total. The lowest BCUT2D eigenvalue weighted by atomic mass is 9.98. The maximum absolute atomic E-state index is 12.2. The Hall–Kier alpha value is -2.41. The van der Waals surface area contributed by atoms with Crippen molar-refractivity contribution in [3.8, 4) is 0 Å². The van der Waals surface area contributed by atoms with Gasteiger partial charge in [0.1, 0.15) is 0 Å². The second-order valence-corrected chi connectivity index (χ2v) is 4.62. The van der Waals surface area contributed by atoms with E-state index in [-0.39, 0.29) is 5.78 Å². The van der Waals surface area contributed by atoms with Crippen molar-refractivity contribution in [1.29, 1.82) is 0 Å². The lowest BCUT2D eigenvalue weighted by molar-refractivity contribution is -0.108. The molecule has 0 heterocycles. The maximum Gasteiger partial charge on any atom is 0.187 e. The molecule has 1 nitrogen and oxygen atoms in total. The lowest BCUT2D eigenvalue weighted by Crippen LogP contribution is -2.25. The molecule has 0 spiro atoms. The lowest BCUT2D eigenvalue weighted by Gasteiger charge is -2.04. The first-order valence-electron chi connectivity index (χ1n) is 6.01. The average Bonchev–Trinajstić information content (AvgIpc) is 2.63. The molecule has 0 aliphatic heterocycles. The van der Waals surface area contributed by atoms with Crippen LogP contribution in [0.2, 0.25) is 0 Å². The molecule has 2 aliphatic carbocycles. The van der Waals surface area contributed by atoms with E-state index in [1.165, 1.54) is 0 Å². The van der Waals surface area contributed by atoms with E-state index < -0.39 is 0 Å². The second-order valence-electron chi connectivity index (χ2n) is 4.62. The Morgan fingerprint density at radius 2 is 1.56 bits per heavy atom. The van der Waals surface area contributed by atoms with Gasteiger partial charge in [0.05, 0.1) is 0 Å². The summed E-state index contributed by atoms with van der Waals surface area (Å²) in [7, 11) is 0. The van der Waals surface area contributed by atoms with Crippen molar-refractivity contribution < 1.29 is 4.79 Å². The molecule has 0 unspecified atom stereocenters. The van der Waals surface area contributed by atoms with Crippen molar-refractivity contribution in [3.05, 3.63) is 69.6 Å². The summed E-state index contributed by atoms with van der Waals surface area (Å²) in [6.45, 7) is 0. The van der Waals surface area contributed by atoms with Gasteiger partial charge in [-0.3, -0.25) is 4.79 Å². The monoisotopic (exact) mass is 230 g/mol. The number of fused-ring (bicyclic) bond motifs is 2. The fourth-order valence-electron chi connectivity index (χ4n) is 2.79. The first-order valence-corrected chi connectivity index (χ1v) is 6.01. The van der Waals surface area contributed by atoms with E-state index >= 15 is 0 Å². The van der Waals surface area contributed by atoms with Crippen molar-refractivity contribution in [3.63, 3.8) is 0 Å². The minimum Gasteiger partial charge on any atom is -0.289 e. The van der Waals surface area contributed by atoms with Gasteiger partial charge in [-0.2, -0.15) is 0 Å². The zero-order valence-corrected chi connectivity index (χ0v) is 9.68. The van der Waals surface area contributed by atoms with Crippen LogP contribution in [0.4, 0.5) is 0 Å². The van der Waals surface area contributed by atoms with Crippen LogP contribution >= 0.6 is 0 Å². The van der Waals surface area contributed by atoms with E-state index in [4.69, 9.17) is 0 Å². The topological polar surface area (TPSA) is 17.1 Å². The van der Waals surface area contributed by atoms with E-state index in [2.05, 4.69) is 24.3 Å². The highest BCUT2D eigenvalue weighted by atomic mass is 16.1. The zero-order valence-electron chi connectivity index (χ0n) is 9.68. The number of carbonyl (C=O) groups is 1. The van der Waals surface area contributed by atoms with Gasteiger partial charge in [-0.05, 0) is 28.0 Å². The van der Waals surface area contributed by atoms with Gasteiger partial charge in [0.2, 0.25) is 0 Å². The third-order valence-electron chi connectivity index (χ3n) is 3.58. The van der Waals surface area contributed by atoms with Crippen LogP contribution in [0, 0.1) is 0 Å². The summed E-state index contributed by atoms with van der Waals surface area (Å²) in [6.07, 6.45) is 5.92. The van der Waals surface area contributed by atoms with Gasteiger partial charge in [0.25, 0.3) is 0 Å². The highest BCUT2D eigenvalue weighted by Gasteiger charge is 2.21. The molecule has 2 aromatic carbocycles. The molecule has 0 saturated carbocycles. The van der Waals surface area contributed by atoms with Crippen LogP contribution in [0.5, 0.6) is 0 Å². The van der Waals surface area contributed by atoms with Crippen molar-refractivity contribution >= 4 is 29.6 Å². The van der Waals surface area contributed by atoms with Crippen molar-refractivity contribution in [2.24, 2.45) is 0 Å². The molecule has 4 rings (SSSR count). The Morgan fingerprint density at radius 1 is 0.778 bits per heavy atom. The van der Waals surface area contributed by atoms with Gasteiger partial charge in [-0.25, -0.2) is 0 Å². The minimum atomic E-state index is 0.119. The molecule has 0 aromatic heterocycles. The molecular formula is C17H10O. The molecule has 84 valence electrons. The van der Waals surface area contributed by atoms with Crippen LogP contribution in [0.15, 0.2) is 42.5 Å². The van der Waals surface area contributed by atoms with Crippen LogP contribution in [0.3, 0.4) is 0 Å². The van der Waals surface area contributed by atoms with Crippen LogP contribution in [-0.4, -0.2) is 5.78 Å². The van der Waals surface area contributed by atoms with Gasteiger partial charge in [-0.1, -0.05) is 54.6 Å². The quantitative estimate of drug-likeness (QED) is 0.673. The Morgan fingerprint density at radius 3 is 2.50 bits per heavy atom. The van der Waals surface area contributed by atoms with Crippen molar-refractivity contribution in [2.75, 3.05) is 0 Å². The van der Waals surface area contributed by atoms with Crippen LogP contribution < -0.4 is 10.4 Å². The molecule has 0 saturated heterocycles. The Labute approximate surface area is 104 Å². The third kappa shape index (κ3) is 1.13. The molecule has 0 bridgehead atoms. The minimum absolute atomic E-state index is 0.119. The Bertz CT molecular complexity index is 838. The van der Waals surface area contributed by atoms with Crippen LogP contribution in [0.1, 0.15) is 16.7 Å². The maximum atomic E-state index is 12.2. The number of rotatable bonds is 0. The summed E-state index contributed by atoms with van der Waals surface area (Å²) >= 11 is 0. The number of hydrogen-bond donors (Lipinski definition) is 0. The van der Waals surface area contributed by atoms with E-state index in [9.17, 15) is 4.79 Å². The molecule has 2 aromatic rings. The van der Waals surface area contributed by atoms with E-state index in [1.54, 1.807) is 6.08 Å². The fraction of sp³-hybridized carbons (Fsp3) is 0. The average molecular weight is 230 g/mol.